The summed E-state index contributed by atoms with van der Waals surface area (Å²) >= 11 is 0. The van der Waals surface area contributed by atoms with Crippen LogP contribution in [-0.2, 0) is 0 Å². The van der Waals surface area contributed by atoms with Crippen molar-refractivity contribution in [1.29, 1.82) is 0 Å². The molecule has 1 aromatic carbocycles. The molecule has 0 amide bonds. The van der Waals surface area contributed by atoms with Crippen LogP contribution >= 0.6 is 0 Å². The Kier molecular flexibility index (Phi) is 3.77. The number of carbonyl (C=O) groups excluding carboxylic acids is 1. The molecule has 0 fully saturated rings. The Morgan fingerprint density at radius 2 is 2.22 bits per heavy atom. The molecule has 0 atom stereocenters. The van der Waals surface area contributed by atoms with Crippen molar-refractivity contribution < 1.29 is 4.79 Å². The molecule has 0 aliphatic heterocycles. The van der Waals surface area contributed by atoms with Crippen molar-refractivity contribution in [2.24, 2.45) is 0 Å². The fourth-order valence-corrected chi connectivity index (χ4v) is 2.00. The quantitative estimate of drug-likeness (QED) is 0.823. The molecular formula is C14H19N3O. The first kappa shape index (κ1) is 12.8. The summed E-state index contributed by atoms with van der Waals surface area (Å²) in [6, 6.07) is 6.13. The van der Waals surface area contributed by atoms with Crippen LogP contribution in [0.25, 0.3) is 11.0 Å². The largest absolute Gasteiger partial charge is 0.328 e. The smallest absolute Gasteiger partial charge is 0.164 e. The summed E-state index contributed by atoms with van der Waals surface area (Å²) in [5.74, 6) is 0.158. The number of hydrogen-bond acceptors (Lipinski definition) is 3. The number of Topliss-reactive ketones (excluding diaryl/α,β-unsaturated/α-hetero) is 1. The zero-order chi connectivity index (χ0) is 13.1. The van der Waals surface area contributed by atoms with Crippen LogP contribution in [0.1, 0.15) is 36.7 Å². The third-order valence-electron chi connectivity index (χ3n) is 3.06. The molecule has 4 nitrogen and oxygen atoms in total. The zero-order valence-corrected chi connectivity index (χ0v) is 11.1. The fraction of sp³-hybridized carbons (Fsp3) is 0.429. The van der Waals surface area contributed by atoms with Crippen LogP contribution in [-0.4, -0.2) is 28.9 Å². The van der Waals surface area contributed by atoms with E-state index in [4.69, 9.17) is 0 Å². The van der Waals surface area contributed by atoms with Crippen molar-refractivity contribution >= 4 is 16.8 Å². The molecule has 0 spiro atoms. The maximum absolute atomic E-state index is 11.9. The van der Waals surface area contributed by atoms with Gasteiger partial charge in [-0.2, -0.15) is 0 Å². The van der Waals surface area contributed by atoms with Gasteiger partial charge >= 0.3 is 0 Å². The van der Waals surface area contributed by atoms with Gasteiger partial charge in [0.15, 0.2) is 5.78 Å². The summed E-state index contributed by atoms with van der Waals surface area (Å²) in [4.78, 5) is 16.3. The topological polar surface area (TPSA) is 46.9 Å². The summed E-state index contributed by atoms with van der Waals surface area (Å²) in [6.45, 7) is 4.94. The van der Waals surface area contributed by atoms with Gasteiger partial charge in [-0.05, 0) is 39.1 Å². The molecule has 1 N–H and O–H groups in total. The van der Waals surface area contributed by atoms with Crippen molar-refractivity contribution in [2.75, 3.05) is 13.6 Å². The van der Waals surface area contributed by atoms with Crippen LogP contribution in [0, 0.1) is 0 Å². The molecule has 2 rings (SSSR count). The molecule has 0 saturated heterocycles. The van der Waals surface area contributed by atoms with E-state index in [0.29, 0.717) is 19.0 Å². The van der Waals surface area contributed by atoms with Gasteiger partial charge in [0.1, 0.15) is 0 Å². The van der Waals surface area contributed by atoms with Gasteiger partial charge in [-0.15, -0.1) is 0 Å². The number of fused-ring (bicyclic) bond motifs is 1. The lowest BCUT2D eigenvalue weighted by Gasteiger charge is -2.08. The number of aromatic nitrogens is 2. The lowest BCUT2D eigenvalue weighted by atomic mass is 10.1. The Labute approximate surface area is 107 Å². The van der Waals surface area contributed by atoms with Crippen molar-refractivity contribution in [2.45, 2.75) is 26.3 Å². The highest BCUT2D eigenvalue weighted by Gasteiger charge is 2.10. The van der Waals surface area contributed by atoms with Crippen molar-refractivity contribution in [1.82, 2.24) is 14.9 Å². The molecular weight excluding hydrogens is 226 g/mol. The molecule has 0 radical (unpaired) electrons. The molecule has 1 aromatic heterocycles. The molecule has 0 unspecified atom stereocenters. The van der Waals surface area contributed by atoms with Gasteiger partial charge in [-0.3, -0.25) is 4.79 Å². The number of hydrogen-bond donors (Lipinski definition) is 1. The summed E-state index contributed by atoms with van der Waals surface area (Å²) in [5.41, 5.74) is 2.71. The molecule has 96 valence electrons. The summed E-state index contributed by atoms with van der Waals surface area (Å²) in [7, 11) is 1.85. The SMILES string of the molecule is CNCCC(=O)c1ccc2c(c1)ncn2C(C)C. The molecule has 4 heteroatoms. The van der Waals surface area contributed by atoms with E-state index < -0.39 is 0 Å². The van der Waals surface area contributed by atoms with Gasteiger partial charge in [0, 0.05) is 24.6 Å². The second-order valence-corrected chi connectivity index (χ2v) is 4.73. The maximum atomic E-state index is 11.9. The summed E-state index contributed by atoms with van der Waals surface area (Å²) < 4.78 is 2.11. The number of imidazole rings is 1. The first-order chi connectivity index (χ1) is 8.63. The van der Waals surface area contributed by atoms with E-state index in [2.05, 4.69) is 28.7 Å². The van der Waals surface area contributed by atoms with E-state index >= 15 is 0 Å². The minimum atomic E-state index is 0.158. The van der Waals surface area contributed by atoms with Gasteiger partial charge in [0.25, 0.3) is 0 Å². The highest BCUT2D eigenvalue weighted by Crippen LogP contribution is 2.19. The van der Waals surface area contributed by atoms with E-state index in [1.165, 1.54) is 0 Å². The van der Waals surface area contributed by atoms with E-state index in [-0.39, 0.29) is 5.78 Å². The first-order valence-corrected chi connectivity index (χ1v) is 6.28. The fourth-order valence-electron chi connectivity index (χ4n) is 2.00. The highest BCUT2D eigenvalue weighted by molar-refractivity contribution is 5.99. The second-order valence-electron chi connectivity index (χ2n) is 4.73. The van der Waals surface area contributed by atoms with Crippen LogP contribution in [0.5, 0.6) is 0 Å². The highest BCUT2D eigenvalue weighted by atomic mass is 16.1. The second kappa shape index (κ2) is 5.31. The third kappa shape index (κ3) is 2.43. The Morgan fingerprint density at radius 1 is 1.44 bits per heavy atom. The number of nitrogens with zero attached hydrogens (tertiary/aromatic N) is 2. The molecule has 18 heavy (non-hydrogen) atoms. The predicted octanol–water partition coefficient (Wildman–Crippen LogP) is 2.41. The van der Waals surface area contributed by atoms with Crippen LogP contribution in [0.2, 0.25) is 0 Å². The maximum Gasteiger partial charge on any atom is 0.164 e. The van der Waals surface area contributed by atoms with Crippen LogP contribution in [0.3, 0.4) is 0 Å². The lowest BCUT2D eigenvalue weighted by molar-refractivity contribution is 0.0983. The van der Waals surface area contributed by atoms with Gasteiger partial charge < -0.3 is 9.88 Å². The monoisotopic (exact) mass is 245 g/mol. The van der Waals surface area contributed by atoms with Gasteiger partial charge in [-0.25, -0.2) is 4.98 Å². The summed E-state index contributed by atoms with van der Waals surface area (Å²) in [6.07, 6.45) is 2.35. The Bertz CT molecular complexity index is 557. The third-order valence-corrected chi connectivity index (χ3v) is 3.06. The number of ketones is 1. The molecule has 2 aromatic rings. The average molecular weight is 245 g/mol. The Hall–Kier alpha value is -1.68. The Morgan fingerprint density at radius 3 is 2.89 bits per heavy atom. The number of rotatable bonds is 5. The predicted molar refractivity (Wildman–Crippen MR) is 73.0 cm³/mol. The van der Waals surface area contributed by atoms with Crippen LogP contribution in [0.4, 0.5) is 0 Å². The summed E-state index contributed by atoms with van der Waals surface area (Å²) in [5, 5.41) is 2.98. The van der Waals surface area contributed by atoms with E-state index in [0.717, 1.165) is 16.6 Å². The molecule has 0 saturated carbocycles. The molecule has 0 bridgehead atoms. The van der Waals surface area contributed by atoms with Crippen molar-refractivity contribution in [3.05, 3.63) is 30.1 Å². The van der Waals surface area contributed by atoms with E-state index in [9.17, 15) is 4.79 Å². The van der Waals surface area contributed by atoms with Crippen LogP contribution < -0.4 is 5.32 Å². The average Bonchev–Trinajstić information content (AvgIpc) is 2.78. The van der Waals surface area contributed by atoms with E-state index in [1.807, 2.05) is 31.6 Å². The normalized spacial score (nSPS) is 11.3. The standard InChI is InChI=1S/C14H19N3O/c1-10(2)17-9-16-12-8-11(4-5-13(12)17)14(18)6-7-15-3/h4-5,8-10,15H,6-7H2,1-3H3. The van der Waals surface area contributed by atoms with Gasteiger partial charge in [-0.1, -0.05) is 0 Å². The van der Waals surface area contributed by atoms with E-state index in [1.54, 1.807) is 0 Å². The van der Waals surface area contributed by atoms with Crippen molar-refractivity contribution in [3.8, 4) is 0 Å². The molecule has 0 aliphatic rings. The van der Waals surface area contributed by atoms with Gasteiger partial charge in [0.2, 0.25) is 0 Å². The minimum Gasteiger partial charge on any atom is -0.328 e. The first-order valence-electron chi connectivity index (χ1n) is 6.28. The van der Waals surface area contributed by atoms with Gasteiger partial charge in [0.05, 0.1) is 17.4 Å². The number of nitrogens with one attached hydrogen (secondary N) is 1. The molecule has 0 aliphatic carbocycles. The zero-order valence-electron chi connectivity index (χ0n) is 11.1. The van der Waals surface area contributed by atoms with Crippen LogP contribution in [0.15, 0.2) is 24.5 Å². The number of carbonyl (C=O) groups is 1. The minimum absolute atomic E-state index is 0.158. The molecule has 1 heterocycles. The number of benzene rings is 1. The Balaban J connectivity index is 2.31. The lowest BCUT2D eigenvalue weighted by Crippen LogP contribution is -2.13. The van der Waals surface area contributed by atoms with Crippen molar-refractivity contribution in [3.63, 3.8) is 0 Å².